The third kappa shape index (κ3) is 3.64. The van der Waals surface area contributed by atoms with E-state index in [0.717, 1.165) is 52.3 Å². The second-order valence-corrected chi connectivity index (χ2v) is 9.48. The minimum Gasteiger partial charge on any atom is -0.483 e. The van der Waals surface area contributed by atoms with Crippen LogP contribution in [0.25, 0.3) is 22.2 Å². The van der Waals surface area contributed by atoms with E-state index in [-0.39, 0.29) is 18.6 Å². The lowest BCUT2D eigenvalue weighted by atomic mass is 9.93. The highest BCUT2D eigenvalue weighted by Crippen LogP contribution is 2.48. The van der Waals surface area contributed by atoms with Crippen LogP contribution < -0.4 is 5.32 Å². The molecule has 1 unspecified atom stereocenters. The van der Waals surface area contributed by atoms with Gasteiger partial charge in [-0.15, -0.1) is 6.42 Å². The van der Waals surface area contributed by atoms with Crippen molar-refractivity contribution in [2.75, 3.05) is 13.5 Å². The average molecular weight is 510 g/mol. The second-order valence-electron chi connectivity index (χ2n) is 9.48. The zero-order valence-electron chi connectivity index (χ0n) is 23.3. The quantitative estimate of drug-likeness (QED) is 0.313. The molecular formula is C29H26N6O3. The molecule has 0 saturated carbocycles. The van der Waals surface area contributed by atoms with Crippen LogP contribution in [0.5, 0.6) is 0 Å². The molecule has 2 aromatic carbocycles. The summed E-state index contributed by atoms with van der Waals surface area (Å²) in [5, 5.41) is 10.3. The Kier molecular flexibility index (Phi) is 5.07. The first-order valence-electron chi connectivity index (χ1n) is 13.9. The molecule has 9 heteroatoms. The predicted octanol–water partition coefficient (Wildman–Crippen LogP) is 3.72. The Morgan fingerprint density at radius 3 is 2.74 bits per heavy atom. The van der Waals surface area contributed by atoms with Gasteiger partial charge < -0.3 is 19.9 Å². The van der Waals surface area contributed by atoms with E-state index in [1.807, 2.05) is 30.6 Å². The van der Waals surface area contributed by atoms with Gasteiger partial charge in [-0.1, -0.05) is 18.1 Å². The van der Waals surface area contributed by atoms with Crippen LogP contribution in [0.1, 0.15) is 74.6 Å². The van der Waals surface area contributed by atoms with Crippen molar-refractivity contribution < 1.29 is 18.8 Å². The molecule has 3 aliphatic rings. The lowest BCUT2D eigenvalue weighted by molar-refractivity contribution is -0.122. The van der Waals surface area contributed by atoms with Gasteiger partial charge in [0, 0.05) is 52.2 Å². The summed E-state index contributed by atoms with van der Waals surface area (Å²) < 4.78 is 26.6. The number of imidazole rings is 1. The summed E-state index contributed by atoms with van der Waals surface area (Å²) in [5.74, 6) is 3.53. The number of carboxylic acid groups (broad SMARTS) is 1. The number of hydrogen-bond acceptors (Lipinski definition) is 6. The van der Waals surface area contributed by atoms with E-state index in [2.05, 4.69) is 25.8 Å². The molecule has 5 heterocycles. The minimum absolute atomic E-state index is 0.196. The SMILES string of the molecule is O=CO.[2H]C([2H])([2H])N1C(=O)c2cccc(C#C)c2[C@H]2C[C@@H]1c1nc3ccc(-c4cnc(C5CCCN5)nc4)cc3n12. The zero-order valence-corrected chi connectivity index (χ0v) is 20.3. The number of hydrogen-bond donors (Lipinski definition) is 2. The molecule has 190 valence electrons. The number of carbonyl (C=O) groups is 2. The number of carbonyl (C=O) groups excluding carboxylic acids is 1. The van der Waals surface area contributed by atoms with Crippen molar-refractivity contribution in [1.82, 2.24) is 29.7 Å². The van der Waals surface area contributed by atoms with Crippen molar-refractivity contribution in [2.24, 2.45) is 0 Å². The van der Waals surface area contributed by atoms with Crippen molar-refractivity contribution in [3.8, 4) is 23.5 Å². The van der Waals surface area contributed by atoms with Crippen LogP contribution in [-0.2, 0) is 4.79 Å². The molecule has 2 aromatic heterocycles. The maximum Gasteiger partial charge on any atom is 0.290 e. The first-order valence-corrected chi connectivity index (χ1v) is 12.4. The Morgan fingerprint density at radius 1 is 1.21 bits per heavy atom. The molecule has 1 fully saturated rings. The lowest BCUT2D eigenvalue weighted by Gasteiger charge is -2.24. The average Bonchev–Trinajstić information content (AvgIpc) is 3.68. The maximum atomic E-state index is 13.6. The Bertz CT molecular complexity index is 1700. The van der Waals surface area contributed by atoms with Crippen molar-refractivity contribution in [2.45, 2.75) is 37.4 Å². The lowest BCUT2D eigenvalue weighted by Crippen LogP contribution is -2.30. The fourth-order valence-electron chi connectivity index (χ4n) is 5.82. The summed E-state index contributed by atoms with van der Waals surface area (Å²) in [6.45, 7) is -1.90. The van der Waals surface area contributed by atoms with E-state index in [9.17, 15) is 4.79 Å². The Balaban J connectivity index is 0.000000967. The topological polar surface area (TPSA) is 113 Å². The van der Waals surface area contributed by atoms with Gasteiger partial charge in [-0.2, -0.15) is 0 Å². The van der Waals surface area contributed by atoms with E-state index in [0.29, 0.717) is 28.9 Å². The van der Waals surface area contributed by atoms with Gasteiger partial charge in [0.15, 0.2) is 0 Å². The molecule has 4 aromatic rings. The highest BCUT2D eigenvalue weighted by Gasteiger charge is 2.44. The van der Waals surface area contributed by atoms with Crippen molar-refractivity contribution >= 4 is 23.4 Å². The van der Waals surface area contributed by atoms with Crippen molar-refractivity contribution in [3.63, 3.8) is 0 Å². The molecule has 38 heavy (non-hydrogen) atoms. The predicted molar refractivity (Wildman–Crippen MR) is 141 cm³/mol. The Hall–Kier alpha value is -4.55. The standard InChI is InChI=1S/C28H24N6O.CH2O2/c1-3-16-6-4-7-19-25(16)23-13-24(33(2)28(19)35)27-32-20-10-9-17(12-22(20)34(23)27)18-14-30-26(31-15-18)21-8-5-11-29-21;2-1-3/h1,4,6-7,9-10,12,14-15,21,23-24,29H,5,8,11,13H2,2H3;1H,(H,2,3)/t21?,23-,24-;/m1./s1/i2D3;. The molecular weight excluding hydrogens is 480 g/mol. The smallest absolute Gasteiger partial charge is 0.290 e. The molecule has 2 N–H and O–H groups in total. The summed E-state index contributed by atoms with van der Waals surface area (Å²) in [7, 11) is 0. The molecule has 3 atom stereocenters. The molecule has 9 nitrogen and oxygen atoms in total. The van der Waals surface area contributed by atoms with Crippen LogP contribution in [0.4, 0.5) is 0 Å². The van der Waals surface area contributed by atoms with E-state index in [1.54, 1.807) is 18.2 Å². The van der Waals surface area contributed by atoms with E-state index in [1.165, 1.54) is 0 Å². The molecule has 2 bridgehead atoms. The highest BCUT2D eigenvalue weighted by atomic mass is 16.3. The molecule has 3 aliphatic heterocycles. The van der Waals surface area contributed by atoms with Crippen molar-refractivity contribution in [1.29, 1.82) is 0 Å². The van der Waals surface area contributed by atoms with Crippen LogP contribution in [-0.4, -0.2) is 55.4 Å². The van der Waals surface area contributed by atoms with Crippen LogP contribution in [0.3, 0.4) is 0 Å². The number of terminal acetylenes is 1. The normalized spacial score (nSPS) is 22.7. The highest BCUT2D eigenvalue weighted by molar-refractivity contribution is 5.98. The third-order valence-electron chi connectivity index (χ3n) is 7.51. The summed E-state index contributed by atoms with van der Waals surface area (Å²) in [5.41, 5.74) is 4.98. The van der Waals surface area contributed by atoms with E-state index >= 15 is 0 Å². The van der Waals surface area contributed by atoms with Gasteiger partial charge in [-0.05, 0) is 49.2 Å². The fraction of sp³-hybridized carbons (Fsp3) is 0.276. The first kappa shape index (κ1) is 20.5. The summed E-state index contributed by atoms with van der Waals surface area (Å²) >= 11 is 0. The first-order chi connectivity index (χ1) is 19.8. The molecule has 0 aliphatic carbocycles. The molecule has 7 rings (SSSR count). The van der Waals surface area contributed by atoms with Gasteiger partial charge in [0.25, 0.3) is 12.4 Å². The van der Waals surface area contributed by atoms with Gasteiger partial charge in [-0.25, -0.2) is 15.0 Å². The number of fused-ring (bicyclic) bond motifs is 9. The largest absolute Gasteiger partial charge is 0.483 e. The summed E-state index contributed by atoms with van der Waals surface area (Å²) in [4.78, 5) is 37.0. The third-order valence-corrected chi connectivity index (χ3v) is 7.51. The van der Waals surface area contributed by atoms with Crippen molar-refractivity contribution in [3.05, 3.63) is 77.1 Å². The minimum atomic E-state index is -2.63. The summed E-state index contributed by atoms with van der Waals surface area (Å²) in [6, 6.07) is 10.3. The number of nitrogens with zero attached hydrogens (tertiary/aromatic N) is 5. The van der Waals surface area contributed by atoms with Gasteiger partial charge in [0.1, 0.15) is 11.6 Å². The fourth-order valence-corrected chi connectivity index (χ4v) is 5.82. The number of benzene rings is 2. The number of amides is 1. The van der Waals surface area contributed by atoms with Gasteiger partial charge >= 0.3 is 0 Å². The molecule has 0 radical (unpaired) electrons. The van der Waals surface area contributed by atoms with Crippen LogP contribution >= 0.6 is 0 Å². The van der Waals surface area contributed by atoms with Crippen LogP contribution in [0.2, 0.25) is 0 Å². The Labute approximate surface area is 223 Å². The molecule has 1 saturated heterocycles. The van der Waals surface area contributed by atoms with Crippen LogP contribution in [0, 0.1) is 12.3 Å². The van der Waals surface area contributed by atoms with Gasteiger partial charge in [-0.3, -0.25) is 9.59 Å². The monoisotopic (exact) mass is 509 g/mol. The van der Waals surface area contributed by atoms with Crippen LogP contribution in [0.15, 0.2) is 48.8 Å². The van der Waals surface area contributed by atoms with Gasteiger partial charge in [0.05, 0.1) is 29.2 Å². The van der Waals surface area contributed by atoms with Gasteiger partial charge in [0.2, 0.25) is 0 Å². The number of nitrogens with one attached hydrogen (secondary N) is 1. The molecule has 1 amide bonds. The Morgan fingerprint density at radius 2 is 2.03 bits per heavy atom. The zero-order chi connectivity index (χ0) is 28.9. The van der Waals surface area contributed by atoms with E-state index < -0.39 is 18.9 Å². The summed E-state index contributed by atoms with van der Waals surface area (Å²) in [6.07, 6.45) is 12.1. The number of aromatic nitrogens is 4. The maximum absolute atomic E-state index is 13.6. The number of rotatable bonds is 2. The molecule has 0 spiro atoms. The second kappa shape index (κ2) is 9.39. The van der Waals surface area contributed by atoms with E-state index in [4.69, 9.17) is 25.4 Å².